The molecule has 2 heterocycles. The number of ketones is 1. The minimum atomic E-state index is -0.264. The minimum Gasteiger partial charge on any atom is -0.285 e. The third-order valence-corrected chi connectivity index (χ3v) is 1.98. The van der Waals surface area contributed by atoms with Crippen molar-refractivity contribution >= 4 is 17.4 Å². The van der Waals surface area contributed by atoms with Gasteiger partial charge in [0.2, 0.25) is 5.78 Å². The summed E-state index contributed by atoms with van der Waals surface area (Å²) in [5, 5.41) is 0.491. The number of carbonyl (C=O) groups is 1. The Kier molecular flexibility index (Phi) is 2.69. The van der Waals surface area contributed by atoms with E-state index in [4.69, 9.17) is 11.6 Å². The Morgan fingerprint density at radius 1 is 1.07 bits per heavy atom. The van der Waals surface area contributed by atoms with Crippen LogP contribution in [-0.4, -0.2) is 20.7 Å². The van der Waals surface area contributed by atoms with Crippen LogP contribution in [0.5, 0.6) is 0 Å². The summed E-state index contributed by atoms with van der Waals surface area (Å²) in [6, 6.07) is 3.16. The van der Waals surface area contributed by atoms with Crippen LogP contribution in [0.2, 0.25) is 5.02 Å². The molecule has 0 atom stereocenters. The predicted octanol–water partition coefficient (Wildman–Crippen LogP) is 1.76. The van der Waals surface area contributed by atoms with Crippen molar-refractivity contribution in [2.45, 2.75) is 0 Å². The molecular weight excluding hydrogens is 214 g/mol. The average Bonchev–Trinajstić information content (AvgIpc) is 2.30. The molecule has 15 heavy (non-hydrogen) atoms. The maximum Gasteiger partial charge on any atom is 0.231 e. The second-order valence-electron chi connectivity index (χ2n) is 2.78. The normalized spacial score (nSPS) is 9.93. The molecule has 0 aliphatic heterocycles. The van der Waals surface area contributed by atoms with Crippen molar-refractivity contribution in [1.29, 1.82) is 0 Å². The van der Waals surface area contributed by atoms with Gasteiger partial charge in [0, 0.05) is 18.6 Å². The molecule has 74 valence electrons. The van der Waals surface area contributed by atoms with E-state index in [1.807, 2.05) is 0 Å². The Morgan fingerprint density at radius 3 is 2.53 bits per heavy atom. The molecule has 0 saturated heterocycles. The van der Waals surface area contributed by atoms with E-state index in [0.29, 0.717) is 10.7 Å². The maximum absolute atomic E-state index is 11.7. The Bertz CT molecular complexity index is 470. The molecule has 0 radical (unpaired) electrons. The lowest BCUT2D eigenvalue weighted by Crippen LogP contribution is -2.06. The summed E-state index contributed by atoms with van der Waals surface area (Å²) in [6.07, 6.45) is 5.79. The van der Waals surface area contributed by atoms with Gasteiger partial charge >= 0.3 is 0 Å². The number of aromatic nitrogens is 3. The molecule has 0 N–H and O–H groups in total. The van der Waals surface area contributed by atoms with Crippen LogP contribution in [0.4, 0.5) is 0 Å². The highest BCUT2D eigenvalue weighted by Crippen LogP contribution is 2.08. The molecular formula is C10H6ClN3O. The molecule has 0 aliphatic carbocycles. The monoisotopic (exact) mass is 219 g/mol. The van der Waals surface area contributed by atoms with Gasteiger partial charge in [-0.1, -0.05) is 11.6 Å². The van der Waals surface area contributed by atoms with Gasteiger partial charge < -0.3 is 0 Å². The second kappa shape index (κ2) is 4.14. The lowest BCUT2D eigenvalue weighted by atomic mass is 10.2. The van der Waals surface area contributed by atoms with Crippen LogP contribution in [-0.2, 0) is 0 Å². The quantitative estimate of drug-likeness (QED) is 0.723. The molecule has 2 aromatic rings. The fourth-order valence-corrected chi connectivity index (χ4v) is 1.17. The zero-order chi connectivity index (χ0) is 10.7. The first kappa shape index (κ1) is 9.73. The number of pyridine rings is 1. The maximum atomic E-state index is 11.7. The summed E-state index contributed by atoms with van der Waals surface area (Å²) in [4.78, 5) is 23.4. The first-order valence-corrected chi connectivity index (χ1v) is 4.57. The van der Waals surface area contributed by atoms with Crippen molar-refractivity contribution < 1.29 is 4.79 Å². The summed E-state index contributed by atoms with van der Waals surface area (Å²) in [7, 11) is 0. The summed E-state index contributed by atoms with van der Waals surface area (Å²) < 4.78 is 0. The lowest BCUT2D eigenvalue weighted by molar-refractivity contribution is 0.102. The van der Waals surface area contributed by atoms with Crippen LogP contribution in [0.1, 0.15) is 16.2 Å². The molecule has 0 amide bonds. The minimum absolute atomic E-state index is 0.264. The molecule has 0 saturated carbocycles. The third kappa shape index (κ3) is 2.16. The van der Waals surface area contributed by atoms with Gasteiger partial charge in [0.15, 0.2) is 0 Å². The van der Waals surface area contributed by atoms with Crippen LogP contribution in [0.15, 0.2) is 36.9 Å². The molecule has 4 nitrogen and oxygen atoms in total. The number of rotatable bonds is 2. The standard InChI is InChI=1S/C10H6ClN3O/c11-7-1-2-8(14-5-7)10(15)9-6-12-3-4-13-9/h1-6H. The van der Waals surface area contributed by atoms with Gasteiger partial charge in [0.05, 0.1) is 11.2 Å². The van der Waals surface area contributed by atoms with E-state index in [0.717, 1.165) is 0 Å². The highest BCUT2D eigenvalue weighted by molar-refractivity contribution is 6.30. The van der Waals surface area contributed by atoms with Crippen molar-refractivity contribution in [3.8, 4) is 0 Å². The van der Waals surface area contributed by atoms with E-state index in [2.05, 4.69) is 15.0 Å². The molecule has 0 unspecified atom stereocenters. The zero-order valence-corrected chi connectivity index (χ0v) is 8.35. The van der Waals surface area contributed by atoms with Crippen LogP contribution < -0.4 is 0 Å². The SMILES string of the molecule is O=C(c1ccc(Cl)cn1)c1cnccn1. The fourth-order valence-electron chi connectivity index (χ4n) is 1.06. The van der Waals surface area contributed by atoms with Crippen LogP contribution in [0.25, 0.3) is 0 Å². The first-order valence-electron chi connectivity index (χ1n) is 4.19. The van der Waals surface area contributed by atoms with Crippen molar-refractivity contribution in [2.24, 2.45) is 0 Å². The second-order valence-corrected chi connectivity index (χ2v) is 3.22. The molecule has 0 fully saturated rings. The smallest absolute Gasteiger partial charge is 0.231 e. The number of hydrogen-bond donors (Lipinski definition) is 0. The number of carbonyl (C=O) groups excluding carboxylic acids is 1. The van der Waals surface area contributed by atoms with Crippen LogP contribution in [0.3, 0.4) is 0 Å². The Labute approximate surface area is 91.0 Å². The Morgan fingerprint density at radius 2 is 1.93 bits per heavy atom. The molecule has 0 aliphatic rings. The van der Waals surface area contributed by atoms with Crippen molar-refractivity contribution in [2.75, 3.05) is 0 Å². The van der Waals surface area contributed by atoms with E-state index < -0.39 is 0 Å². The van der Waals surface area contributed by atoms with Gasteiger partial charge in [-0.05, 0) is 12.1 Å². The van der Waals surface area contributed by atoms with E-state index in [9.17, 15) is 4.79 Å². The summed E-state index contributed by atoms with van der Waals surface area (Å²) in [5.74, 6) is -0.264. The predicted molar refractivity (Wildman–Crippen MR) is 54.7 cm³/mol. The summed E-state index contributed by atoms with van der Waals surface area (Å²) >= 11 is 5.66. The molecule has 2 rings (SSSR count). The number of hydrogen-bond acceptors (Lipinski definition) is 4. The van der Waals surface area contributed by atoms with Crippen LogP contribution >= 0.6 is 11.6 Å². The summed E-state index contributed by atoms with van der Waals surface area (Å²) in [6.45, 7) is 0. The van der Waals surface area contributed by atoms with E-state index in [1.165, 1.54) is 24.8 Å². The van der Waals surface area contributed by atoms with Crippen molar-refractivity contribution in [3.05, 3.63) is 53.3 Å². The Balaban J connectivity index is 2.33. The molecule has 0 bridgehead atoms. The molecule has 5 heteroatoms. The van der Waals surface area contributed by atoms with Gasteiger partial charge in [-0.2, -0.15) is 0 Å². The van der Waals surface area contributed by atoms with E-state index in [1.54, 1.807) is 12.1 Å². The average molecular weight is 220 g/mol. The van der Waals surface area contributed by atoms with Crippen molar-refractivity contribution in [1.82, 2.24) is 15.0 Å². The first-order chi connectivity index (χ1) is 7.27. The Hall–Kier alpha value is -1.81. The summed E-state index contributed by atoms with van der Waals surface area (Å²) in [5.41, 5.74) is 0.576. The van der Waals surface area contributed by atoms with Crippen LogP contribution in [0, 0.1) is 0 Å². The number of halogens is 1. The van der Waals surface area contributed by atoms with Gasteiger partial charge in [-0.3, -0.25) is 14.8 Å². The topological polar surface area (TPSA) is 55.7 Å². The fraction of sp³-hybridized carbons (Fsp3) is 0. The highest BCUT2D eigenvalue weighted by Gasteiger charge is 2.11. The zero-order valence-electron chi connectivity index (χ0n) is 7.59. The van der Waals surface area contributed by atoms with E-state index in [-0.39, 0.29) is 11.5 Å². The highest BCUT2D eigenvalue weighted by atomic mass is 35.5. The van der Waals surface area contributed by atoms with Gasteiger partial charge in [-0.15, -0.1) is 0 Å². The van der Waals surface area contributed by atoms with Gasteiger partial charge in [0.1, 0.15) is 11.4 Å². The largest absolute Gasteiger partial charge is 0.285 e. The van der Waals surface area contributed by atoms with Gasteiger partial charge in [0.25, 0.3) is 0 Å². The van der Waals surface area contributed by atoms with E-state index >= 15 is 0 Å². The molecule has 2 aromatic heterocycles. The lowest BCUT2D eigenvalue weighted by Gasteiger charge is -1.98. The third-order valence-electron chi connectivity index (χ3n) is 1.76. The molecule has 0 spiro atoms. The van der Waals surface area contributed by atoms with Gasteiger partial charge in [-0.25, -0.2) is 4.98 Å². The number of nitrogens with zero attached hydrogens (tertiary/aromatic N) is 3. The molecule has 0 aromatic carbocycles. The van der Waals surface area contributed by atoms with Crippen molar-refractivity contribution in [3.63, 3.8) is 0 Å².